The van der Waals surface area contributed by atoms with Crippen molar-refractivity contribution in [3.05, 3.63) is 74.0 Å². The van der Waals surface area contributed by atoms with Crippen LogP contribution in [-0.4, -0.2) is 52.7 Å². The van der Waals surface area contributed by atoms with Crippen LogP contribution in [-0.2, 0) is 9.59 Å². The SMILES string of the molecule is CCC(=Cc1cccc([N+](=O)[O-])c1)C(=O)N1CCC2(CCN(C(=O)C=Cc3ccsc3)CC2)C1. The van der Waals surface area contributed by atoms with Gasteiger partial charge in [0.2, 0.25) is 11.8 Å². The van der Waals surface area contributed by atoms with Crippen LogP contribution in [0.3, 0.4) is 0 Å². The maximum Gasteiger partial charge on any atom is 0.270 e. The molecule has 0 aliphatic carbocycles. The van der Waals surface area contributed by atoms with Crippen LogP contribution < -0.4 is 0 Å². The summed E-state index contributed by atoms with van der Waals surface area (Å²) in [5.74, 6) is 0.0446. The van der Waals surface area contributed by atoms with Crippen molar-refractivity contribution >= 4 is 41.0 Å². The van der Waals surface area contributed by atoms with Gasteiger partial charge in [0, 0.05) is 50.0 Å². The Morgan fingerprint density at radius 2 is 1.85 bits per heavy atom. The summed E-state index contributed by atoms with van der Waals surface area (Å²) in [5, 5.41) is 15.1. The molecule has 2 saturated heterocycles. The van der Waals surface area contributed by atoms with Gasteiger partial charge in [0.1, 0.15) is 0 Å². The van der Waals surface area contributed by atoms with E-state index >= 15 is 0 Å². The first-order valence-corrected chi connectivity index (χ1v) is 12.6. The number of hydrogen-bond donors (Lipinski definition) is 0. The van der Waals surface area contributed by atoms with Gasteiger partial charge in [-0.3, -0.25) is 19.7 Å². The van der Waals surface area contributed by atoms with E-state index in [0.29, 0.717) is 43.7 Å². The van der Waals surface area contributed by atoms with Crippen molar-refractivity contribution in [1.82, 2.24) is 9.80 Å². The summed E-state index contributed by atoms with van der Waals surface area (Å²) in [4.78, 5) is 40.3. The molecule has 1 aromatic carbocycles. The smallest absolute Gasteiger partial charge is 0.270 e. The number of nitrogens with zero attached hydrogens (tertiary/aromatic N) is 3. The third-order valence-electron chi connectivity index (χ3n) is 6.90. The zero-order valence-electron chi connectivity index (χ0n) is 19.3. The highest BCUT2D eigenvalue weighted by molar-refractivity contribution is 7.08. The number of likely N-dealkylation sites (tertiary alicyclic amines) is 2. The monoisotopic (exact) mass is 479 g/mol. The standard InChI is InChI=1S/C26H29N3O4S/c1-2-22(16-21-4-3-5-23(17-21)29(32)33)25(31)28-14-11-26(19-28)9-12-27(13-10-26)24(30)7-6-20-8-15-34-18-20/h3-8,15-18H,2,9-14,19H2,1H3. The second kappa shape index (κ2) is 10.3. The number of non-ortho nitro benzene ring substituents is 1. The molecule has 1 aromatic heterocycles. The first kappa shape index (κ1) is 23.9. The van der Waals surface area contributed by atoms with Gasteiger partial charge in [0.25, 0.3) is 5.69 Å². The van der Waals surface area contributed by atoms with Gasteiger partial charge in [-0.25, -0.2) is 0 Å². The second-order valence-electron chi connectivity index (χ2n) is 9.07. The lowest BCUT2D eigenvalue weighted by atomic mass is 9.77. The van der Waals surface area contributed by atoms with E-state index in [-0.39, 0.29) is 22.9 Å². The Bertz CT molecular complexity index is 1110. The fourth-order valence-electron chi connectivity index (χ4n) is 4.81. The van der Waals surface area contributed by atoms with Gasteiger partial charge in [-0.1, -0.05) is 19.1 Å². The van der Waals surface area contributed by atoms with Gasteiger partial charge >= 0.3 is 0 Å². The van der Waals surface area contributed by atoms with Crippen molar-refractivity contribution in [3.63, 3.8) is 0 Å². The van der Waals surface area contributed by atoms with Gasteiger partial charge in [-0.05, 0) is 71.2 Å². The number of piperidine rings is 1. The van der Waals surface area contributed by atoms with E-state index in [1.807, 2.05) is 39.6 Å². The summed E-state index contributed by atoms with van der Waals surface area (Å²) in [6.45, 7) is 4.75. The molecule has 0 saturated carbocycles. The number of nitro benzene ring substituents is 1. The van der Waals surface area contributed by atoms with Gasteiger partial charge in [-0.15, -0.1) is 0 Å². The number of benzene rings is 1. The Balaban J connectivity index is 1.36. The maximum absolute atomic E-state index is 13.2. The van der Waals surface area contributed by atoms with Crippen molar-refractivity contribution in [2.45, 2.75) is 32.6 Å². The van der Waals surface area contributed by atoms with E-state index in [4.69, 9.17) is 0 Å². The zero-order chi connectivity index (χ0) is 24.1. The Morgan fingerprint density at radius 3 is 2.50 bits per heavy atom. The molecule has 2 aliphatic heterocycles. The Hall–Kier alpha value is -3.26. The van der Waals surface area contributed by atoms with Crippen LogP contribution in [0.2, 0.25) is 0 Å². The largest absolute Gasteiger partial charge is 0.339 e. The van der Waals surface area contributed by atoms with Crippen molar-refractivity contribution in [2.75, 3.05) is 26.2 Å². The van der Waals surface area contributed by atoms with Crippen molar-refractivity contribution in [3.8, 4) is 0 Å². The zero-order valence-corrected chi connectivity index (χ0v) is 20.1. The molecule has 0 radical (unpaired) electrons. The number of carbonyl (C=O) groups excluding carboxylic acids is 2. The summed E-state index contributed by atoms with van der Waals surface area (Å²) >= 11 is 1.61. The summed E-state index contributed by atoms with van der Waals surface area (Å²) in [6, 6.07) is 8.35. The number of amides is 2. The van der Waals surface area contributed by atoms with Crippen molar-refractivity contribution in [2.24, 2.45) is 5.41 Å². The molecule has 0 bridgehead atoms. The normalized spacial score (nSPS) is 18.1. The average Bonchev–Trinajstić information content (AvgIpc) is 3.52. The van der Waals surface area contributed by atoms with E-state index in [0.717, 1.165) is 24.8 Å². The van der Waals surface area contributed by atoms with E-state index in [9.17, 15) is 19.7 Å². The Morgan fingerprint density at radius 1 is 1.12 bits per heavy atom. The summed E-state index contributed by atoms with van der Waals surface area (Å²) in [5.41, 5.74) is 2.44. The van der Waals surface area contributed by atoms with Gasteiger partial charge in [0.15, 0.2) is 0 Å². The lowest BCUT2D eigenvalue weighted by Gasteiger charge is -2.39. The number of nitro groups is 1. The van der Waals surface area contributed by atoms with Crippen LogP contribution >= 0.6 is 11.3 Å². The van der Waals surface area contributed by atoms with Crippen molar-refractivity contribution in [1.29, 1.82) is 0 Å². The summed E-state index contributed by atoms with van der Waals surface area (Å²) in [6.07, 6.45) is 8.57. The Kier molecular flexibility index (Phi) is 7.26. The van der Waals surface area contributed by atoms with Crippen LogP contribution in [0.15, 0.2) is 52.7 Å². The van der Waals surface area contributed by atoms with Gasteiger partial charge in [-0.2, -0.15) is 11.3 Å². The number of thiophene rings is 1. The van der Waals surface area contributed by atoms with E-state index in [1.165, 1.54) is 12.1 Å². The molecular formula is C26H29N3O4S. The lowest BCUT2D eigenvalue weighted by Crippen LogP contribution is -2.44. The number of rotatable bonds is 6. The molecule has 1 spiro atoms. The van der Waals surface area contributed by atoms with Gasteiger partial charge < -0.3 is 9.80 Å². The molecule has 0 atom stereocenters. The highest BCUT2D eigenvalue weighted by Gasteiger charge is 2.42. The summed E-state index contributed by atoms with van der Waals surface area (Å²) in [7, 11) is 0. The molecule has 7 nitrogen and oxygen atoms in total. The molecule has 0 unspecified atom stereocenters. The predicted molar refractivity (Wildman–Crippen MR) is 134 cm³/mol. The molecule has 178 valence electrons. The van der Waals surface area contributed by atoms with Crippen molar-refractivity contribution < 1.29 is 14.5 Å². The Labute approximate surface area is 203 Å². The van der Waals surface area contributed by atoms with Crippen LogP contribution in [0.4, 0.5) is 5.69 Å². The number of carbonyl (C=O) groups is 2. The first-order chi connectivity index (χ1) is 16.4. The van der Waals surface area contributed by atoms with Crippen LogP contribution in [0.5, 0.6) is 0 Å². The van der Waals surface area contributed by atoms with Crippen LogP contribution in [0, 0.1) is 15.5 Å². The third-order valence-corrected chi connectivity index (χ3v) is 7.60. The van der Waals surface area contributed by atoms with Gasteiger partial charge in [0.05, 0.1) is 4.92 Å². The van der Waals surface area contributed by atoms with Crippen LogP contribution in [0.25, 0.3) is 12.2 Å². The molecule has 34 heavy (non-hydrogen) atoms. The molecule has 2 fully saturated rings. The van der Waals surface area contributed by atoms with E-state index in [1.54, 1.807) is 35.6 Å². The highest BCUT2D eigenvalue weighted by Crippen LogP contribution is 2.41. The third kappa shape index (κ3) is 5.44. The molecule has 2 aliphatic rings. The summed E-state index contributed by atoms with van der Waals surface area (Å²) < 4.78 is 0. The predicted octanol–water partition coefficient (Wildman–Crippen LogP) is 5.00. The fourth-order valence-corrected chi connectivity index (χ4v) is 5.44. The topological polar surface area (TPSA) is 83.8 Å². The highest BCUT2D eigenvalue weighted by atomic mass is 32.1. The molecule has 2 amide bonds. The minimum absolute atomic E-state index is 0.00285. The average molecular weight is 480 g/mol. The minimum atomic E-state index is -0.427. The first-order valence-electron chi connectivity index (χ1n) is 11.6. The molecule has 4 rings (SSSR count). The molecule has 0 N–H and O–H groups in total. The van der Waals surface area contributed by atoms with E-state index < -0.39 is 4.92 Å². The quantitative estimate of drug-likeness (QED) is 0.331. The van der Waals surface area contributed by atoms with Crippen LogP contribution in [0.1, 0.15) is 43.7 Å². The fraction of sp³-hybridized carbons (Fsp3) is 0.385. The molecule has 2 aromatic rings. The molecule has 3 heterocycles. The lowest BCUT2D eigenvalue weighted by molar-refractivity contribution is -0.384. The van der Waals surface area contributed by atoms with E-state index in [2.05, 4.69) is 0 Å². The molecule has 8 heteroatoms. The second-order valence-corrected chi connectivity index (χ2v) is 9.85. The number of hydrogen-bond acceptors (Lipinski definition) is 5. The molecular weight excluding hydrogens is 450 g/mol. The minimum Gasteiger partial charge on any atom is -0.339 e. The maximum atomic E-state index is 13.2.